The fourth-order valence-electron chi connectivity index (χ4n) is 2.57. The van der Waals surface area contributed by atoms with E-state index in [0.717, 1.165) is 29.2 Å². The summed E-state index contributed by atoms with van der Waals surface area (Å²) in [6, 6.07) is 5.17. The van der Waals surface area contributed by atoms with Gasteiger partial charge in [0.15, 0.2) is 5.13 Å². The summed E-state index contributed by atoms with van der Waals surface area (Å²) in [4.78, 5) is 6.74. The summed E-state index contributed by atoms with van der Waals surface area (Å²) in [7, 11) is -3.47. The molecule has 1 fully saturated rings. The van der Waals surface area contributed by atoms with E-state index in [0.29, 0.717) is 11.4 Å². The molecule has 0 saturated carbocycles. The van der Waals surface area contributed by atoms with E-state index in [1.165, 1.54) is 0 Å². The van der Waals surface area contributed by atoms with Gasteiger partial charge in [0.05, 0.1) is 4.90 Å². The maximum Gasteiger partial charge on any atom is 0.240 e. The molecule has 1 atom stereocenters. The fourth-order valence-corrected chi connectivity index (χ4v) is 4.60. The number of anilines is 1. The van der Waals surface area contributed by atoms with Crippen molar-refractivity contribution in [2.24, 2.45) is 0 Å². The highest BCUT2D eigenvalue weighted by Gasteiger charge is 2.28. The first-order valence-corrected chi connectivity index (χ1v) is 9.56. The standard InChI is InChI=1S/C15H19N3O2S2/c1-11-3-4-14(9-12(11)2)22(19,20)17-13-5-7-18(10-13)15-16-6-8-21-15/h3-4,6,8-9,13,17H,5,7,10H2,1-2H3. The lowest BCUT2D eigenvalue weighted by atomic mass is 10.1. The monoisotopic (exact) mass is 337 g/mol. The van der Waals surface area contributed by atoms with E-state index >= 15 is 0 Å². The summed E-state index contributed by atoms with van der Waals surface area (Å²) in [5, 5.41) is 2.88. The topological polar surface area (TPSA) is 62.3 Å². The zero-order valence-electron chi connectivity index (χ0n) is 12.6. The maximum atomic E-state index is 12.5. The van der Waals surface area contributed by atoms with Gasteiger partial charge >= 0.3 is 0 Å². The average Bonchev–Trinajstić information content (AvgIpc) is 3.11. The van der Waals surface area contributed by atoms with Crippen LogP contribution in [0.15, 0.2) is 34.7 Å². The predicted molar refractivity (Wildman–Crippen MR) is 89.0 cm³/mol. The van der Waals surface area contributed by atoms with Crippen molar-refractivity contribution >= 4 is 26.5 Å². The molecule has 3 rings (SSSR count). The van der Waals surface area contributed by atoms with Gasteiger partial charge in [-0.25, -0.2) is 18.1 Å². The Bertz CT molecular complexity index is 757. The normalized spacial score (nSPS) is 18.8. The Hall–Kier alpha value is -1.44. The van der Waals surface area contributed by atoms with Crippen molar-refractivity contribution in [1.29, 1.82) is 0 Å². The summed E-state index contributed by atoms with van der Waals surface area (Å²) in [5.74, 6) is 0. The number of hydrogen-bond acceptors (Lipinski definition) is 5. The van der Waals surface area contributed by atoms with E-state index in [4.69, 9.17) is 0 Å². The highest BCUT2D eigenvalue weighted by Crippen LogP contribution is 2.23. The molecular formula is C15H19N3O2S2. The molecule has 22 heavy (non-hydrogen) atoms. The molecule has 0 spiro atoms. The van der Waals surface area contributed by atoms with Gasteiger partial charge in [0, 0.05) is 30.7 Å². The Kier molecular flexibility index (Phi) is 4.20. The van der Waals surface area contributed by atoms with E-state index in [1.54, 1.807) is 29.7 Å². The van der Waals surface area contributed by atoms with Gasteiger partial charge < -0.3 is 4.90 Å². The smallest absolute Gasteiger partial charge is 0.240 e. The van der Waals surface area contributed by atoms with Crippen LogP contribution in [0.3, 0.4) is 0 Å². The average molecular weight is 337 g/mol. The van der Waals surface area contributed by atoms with Crippen molar-refractivity contribution < 1.29 is 8.42 Å². The summed E-state index contributed by atoms with van der Waals surface area (Å²) in [5.41, 5.74) is 2.08. The van der Waals surface area contributed by atoms with Crippen molar-refractivity contribution in [2.45, 2.75) is 31.2 Å². The van der Waals surface area contributed by atoms with Gasteiger partial charge in [-0.15, -0.1) is 11.3 Å². The molecule has 5 nitrogen and oxygen atoms in total. The Morgan fingerprint density at radius 3 is 2.82 bits per heavy atom. The van der Waals surface area contributed by atoms with Gasteiger partial charge in [-0.05, 0) is 43.5 Å². The number of rotatable bonds is 4. The van der Waals surface area contributed by atoms with Crippen molar-refractivity contribution in [3.63, 3.8) is 0 Å². The summed E-state index contributed by atoms with van der Waals surface area (Å²) in [6.07, 6.45) is 2.57. The van der Waals surface area contributed by atoms with Gasteiger partial charge in [-0.3, -0.25) is 0 Å². The molecule has 1 unspecified atom stereocenters. The third-order valence-electron chi connectivity index (χ3n) is 3.99. The van der Waals surface area contributed by atoms with Crippen molar-refractivity contribution in [3.8, 4) is 0 Å². The van der Waals surface area contributed by atoms with E-state index < -0.39 is 10.0 Å². The number of nitrogens with one attached hydrogen (secondary N) is 1. The van der Waals surface area contributed by atoms with Gasteiger partial charge in [0.2, 0.25) is 10.0 Å². The summed E-state index contributed by atoms with van der Waals surface area (Å²) in [6.45, 7) is 5.39. The first-order valence-electron chi connectivity index (χ1n) is 7.20. The number of sulfonamides is 1. The minimum Gasteiger partial charge on any atom is -0.346 e. The molecule has 1 saturated heterocycles. The van der Waals surface area contributed by atoms with Gasteiger partial charge in [0.1, 0.15) is 0 Å². The first-order chi connectivity index (χ1) is 10.5. The van der Waals surface area contributed by atoms with E-state index in [2.05, 4.69) is 14.6 Å². The van der Waals surface area contributed by atoms with Gasteiger partial charge in [-0.2, -0.15) is 0 Å². The molecular weight excluding hydrogens is 318 g/mol. The Labute approximate surface area is 135 Å². The largest absolute Gasteiger partial charge is 0.346 e. The summed E-state index contributed by atoms with van der Waals surface area (Å²) >= 11 is 1.58. The minimum atomic E-state index is -3.47. The quantitative estimate of drug-likeness (QED) is 0.930. The highest BCUT2D eigenvalue weighted by molar-refractivity contribution is 7.89. The molecule has 0 bridgehead atoms. The second-order valence-corrected chi connectivity index (χ2v) is 8.20. The lowest BCUT2D eigenvalue weighted by Gasteiger charge is -2.16. The zero-order chi connectivity index (χ0) is 15.7. The molecule has 2 heterocycles. The number of aromatic nitrogens is 1. The number of hydrogen-bond donors (Lipinski definition) is 1. The lowest BCUT2D eigenvalue weighted by molar-refractivity contribution is 0.561. The van der Waals surface area contributed by atoms with Crippen LogP contribution in [-0.2, 0) is 10.0 Å². The molecule has 2 aromatic rings. The van der Waals surface area contributed by atoms with Crippen LogP contribution >= 0.6 is 11.3 Å². The molecule has 0 amide bonds. The fraction of sp³-hybridized carbons (Fsp3) is 0.400. The van der Waals surface area contributed by atoms with Crippen LogP contribution in [-0.4, -0.2) is 32.5 Å². The molecule has 1 aliphatic rings. The van der Waals surface area contributed by atoms with E-state index in [1.807, 2.05) is 25.3 Å². The third kappa shape index (κ3) is 3.16. The molecule has 0 radical (unpaired) electrons. The Balaban J connectivity index is 1.71. The molecule has 118 valence electrons. The molecule has 1 aromatic carbocycles. The molecule has 7 heteroatoms. The molecule has 1 aromatic heterocycles. The number of aryl methyl sites for hydroxylation is 2. The van der Waals surface area contributed by atoms with Crippen LogP contribution in [0.25, 0.3) is 0 Å². The van der Waals surface area contributed by atoms with Crippen LogP contribution < -0.4 is 9.62 Å². The van der Waals surface area contributed by atoms with Crippen molar-refractivity contribution in [2.75, 3.05) is 18.0 Å². The number of nitrogens with zero attached hydrogens (tertiary/aromatic N) is 2. The Morgan fingerprint density at radius 2 is 2.14 bits per heavy atom. The molecule has 1 N–H and O–H groups in total. The molecule has 1 aliphatic heterocycles. The lowest BCUT2D eigenvalue weighted by Crippen LogP contribution is -2.37. The minimum absolute atomic E-state index is 0.0736. The van der Waals surface area contributed by atoms with Gasteiger partial charge in [0.25, 0.3) is 0 Å². The second-order valence-electron chi connectivity index (χ2n) is 5.61. The van der Waals surface area contributed by atoms with E-state index in [-0.39, 0.29) is 6.04 Å². The number of thiazole rings is 1. The van der Waals surface area contributed by atoms with Crippen LogP contribution in [0.2, 0.25) is 0 Å². The zero-order valence-corrected chi connectivity index (χ0v) is 14.2. The Morgan fingerprint density at radius 1 is 1.32 bits per heavy atom. The van der Waals surface area contributed by atoms with Crippen LogP contribution in [0.1, 0.15) is 17.5 Å². The van der Waals surface area contributed by atoms with Gasteiger partial charge in [-0.1, -0.05) is 6.07 Å². The maximum absolute atomic E-state index is 12.5. The van der Waals surface area contributed by atoms with Crippen LogP contribution in [0.5, 0.6) is 0 Å². The SMILES string of the molecule is Cc1ccc(S(=O)(=O)NC2CCN(c3nccs3)C2)cc1C. The predicted octanol–water partition coefficient (Wildman–Crippen LogP) is 2.32. The summed E-state index contributed by atoms with van der Waals surface area (Å²) < 4.78 is 27.8. The van der Waals surface area contributed by atoms with E-state index in [9.17, 15) is 8.42 Å². The van der Waals surface area contributed by atoms with Crippen molar-refractivity contribution in [3.05, 3.63) is 40.9 Å². The van der Waals surface area contributed by atoms with Crippen LogP contribution in [0.4, 0.5) is 5.13 Å². The highest BCUT2D eigenvalue weighted by atomic mass is 32.2. The molecule has 0 aliphatic carbocycles. The third-order valence-corrected chi connectivity index (χ3v) is 6.34. The van der Waals surface area contributed by atoms with Crippen LogP contribution in [0, 0.1) is 13.8 Å². The van der Waals surface area contributed by atoms with Crippen molar-refractivity contribution in [1.82, 2.24) is 9.71 Å². The first kappa shape index (κ1) is 15.5. The number of benzene rings is 1. The second kappa shape index (κ2) is 5.98.